The van der Waals surface area contributed by atoms with Gasteiger partial charge < -0.3 is 14.2 Å². The highest BCUT2D eigenvalue weighted by Crippen LogP contribution is 2.23. The number of nitrogens with zero attached hydrogens (tertiary/aromatic N) is 3. The molecule has 0 saturated heterocycles. The van der Waals surface area contributed by atoms with Crippen LogP contribution in [-0.4, -0.2) is 37.3 Å². The molecule has 0 amide bonds. The van der Waals surface area contributed by atoms with E-state index in [1.807, 2.05) is 0 Å². The second-order valence-electron chi connectivity index (χ2n) is 5.77. The molecule has 0 saturated carbocycles. The van der Waals surface area contributed by atoms with Crippen molar-refractivity contribution in [2.75, 3.05) is 26.8 Å². The molecule has 9 heteroatoms. The Hall–Kier alpha value is -3.52. The van der Waals surface area contributed by atoms with Crippen molar-refractivity contribution in [2.24, 2.45) is 5.10 Å². The zero-order chi connectivity index (χ0) is 20.8. The van der Waals surface area contributed by atoms with E-state index in [0.717, 1.165) is 5.56 Å². The lowest BCUT2D eigenvalue weighted by Gasteiger charge is -2.09. The minimum Gasteiger partial charge on any atom is -0.497 e. The molecule has 0 atom stereocenters. The van der Waals surface area contributed by atoms with Gasteiger partial charge in [-0.2, -0.15) is 14.9 Å². The third-order valence-electron chi connectivity index (χ3n) is 4.07. The number of hydrogen-bond donors (Lipinski definition) is 1. The Kier molecular flexibility index (Phi) is 6.36. The van der Waals surface area contributed by atoms with Gasteiger partial charge in [-0.1, -0.05) is 11.6 Å². The number of halogens is 1. The molecule has 1 heterocycles. The molecular formula is C20H19ClN4O4. The van der Waals surface area contributed by atoms with Gasteiger partial charge in [-0.3, -0.25) is 10.2 Å². The highest BCUT2D eigenvalue weighted by Gasteiger charge is 2.10. The molecule has 0 aliphatic rings. The number of aromatic nitrogens is 2. The van der Waals surface area contributed by atoms with Crippen LogP contribution in [0.1, 0.15) is 5.56 Å². The molecule has 0 unspecified atom stereocenters. The fourth-order valence-electron chi connectivity index (χ4n) is 2.51. The Morgan fingerprint density at radius 2 is 1.72 bits per heavy atom. The minimum absolute atomic E-state index is 0.0327. The highest BCUT2D eigenvalue weighted by molar-refractivity contribution is 6.32. The summed E-state index contributed by atoms with van der Waals surface area (Å²) >= 11 is 6.21. The average Bonchev–Trinajstić information content (AvgIpc) is 2.77. The summed E-state index contributed by atoms with van der Waals surface area (Å²) in [6.07, 6.45) is 2.97. The van der Waals surface area contributed by atoms with Gasteiger partial charge in [0, 0.05) is 11.6 Å². The molecular weight excluding hydrogens is 396 g/mol. The van der Waals surface area contributed by atoms with Crippen molar-refractivity contribution < 1.29 is 14.2 Å². The number of benzene rings is 2. The Balaban J connectivity index is 1.81. The summed E-state index contributed by atoms with van der Waals surface area (Å²) in [7, 11) is 4.70. The maximum Gasteiger partial charge on any atom is 0.292 e. The van der Waals surface area contributed by atoms with Gasteiger partial charge in [0.2, 0.25) is 0 Å². The monoisotopic (exact) mass is 414 g/mol. The van der Waals surface area contributed by atoms with Gasteiger partial charge in [-0.25, -0.2) is 0 Å². The molecule has 0 fully saturated rings. The number of hydrazone groups is 1. The van der Waals surface area contributed by atoms with E-state index < -0.39 is 5.56 Å². The minimum atomic E-state index is -0.473. The number of ether oxygens (including phenoxy) is 3. The molecule has 0 radical (unpaired) electrons. The van der Waals surface area contributed by atoms with Crippen molar-refractivity contribution in [3.05, 3.63) is 69.6 Å². The summed E-state index contributed by atoms with van der Waals surface area (Å²) in [5, 5.41) is 8.23. The van der Waals surface area contributed by atoms with Crippen LogP contribution in [-0.2, 0) is 0 Å². The molecule has 150 valence electrons. The summed E-state index contributed by atoms with van der Waals surface area (Å²) in [5.74, 6) is 1.94. The Morgan fingerprint density at radius 3 is 2.38 bits per heavy atom. The van der Waals surface area contributed by atoms with Crippen LogP contribution in [0.25, 0.3) is 5.69 Å². The number of methoxy groups -OCH3 is 3. The van der Waals surface area contributed by atoms with Crippen molar-refractivity contribution in [1.29, 1.82) is 0 Å². The zero-order valence-electron chi connectivity index (χ0n) is 16.0. The van der Waals surface area contributed by atoms with Crippen LogP contribution in [0.5, 0.6) is 17.2 Å². The molecule has 2 aromatic carbocycles. The molecule has 0 aliphatic heterocycles. The van der Waals surface area contributed by atoms with Crippen LogP contribution in [0.3, 0.4) is 0 Å². The quantitative estimate of drug-likeness (QED) is 0.471. The molecule has 1 N–H and O–H groups in total. The maximum atomic E-state index is 12.6. The van der Waals surface area contributed by atoms with Gasteiger partial charge in [0.1, 0.15) is 28.0 Å². The lowest BCUT2D eigenvalue weighted by molar-refractivity contribution is 0.394. The van der Waals surface area contributed by atoms with Gasteiger partial charge >= 0.3 is 0 Å². The van der Waals surface area contributed by atoms with Crippen molar-refractivity contribution in [1.82, 2.24) is 9.78 Å². The lowest BCUT2D eigenvalue weighted by atomic mass is 10.2. The SMILES string of the molecule is COc1ccc(-n2ncc(N/N=C\c3ccc(OC)cc3OC)c(Cl)c2=O)cc1. The molecule has 1 aromatic heterocycles. The van der Waals surface area contributed by atoms with E-state index in [-0.39, 0.29) is 10.7 Å². The molecule has 3 rings (SSSR count). The number of anilines is 1. The predicted molar refractivity (Wildman–Crippen MR) is 112 cm³/mol. The van der Waals surface area contributed by atoms with E-state index in [1.165, 1.54) is 10.9 Å². The Bertz CT molecular complexity index is 1080. The third kappa shape index (κ3) is 4.49. The Morgan fingerprint density at radius 1 is 1.03 bits per heavy atom. The van der Waals surface area contributed by atoms with Crippen LogP contribution in [0.4, 0.5) is 5.69 Å². The maximum absolute atomic E-state index is 12.6. The van der Waals surface area contributed by atoms with E-state index in [9.17, 15) is 4.79 Å². The van der Waals surface area contributed by atoms with Gasteiger partial charge in [0.15, 0.2) is 0 Å². The second-order valence-corrected chi connectivity index (χ2v) is 6.14. The summed E-state index contributed by atoms with van der Waals surface area (Å²) in [6, 6.07) is 12.2. The van der Waals surface area contributed by atoms with E-state index in [2.05, 4.69) is 15.6 Å². The first-order chi connectivity index (χ1) is 14.1. The van der Waals surface area contributed by atoms with E-state index >= 15 is 0 Å². The van der Waals surface area contributed by atoms with Crippen molar-refractivity contribution >= 4 is 23.5 Å². The first-order valence-corrected chi connectivity index (χ1v) is 8.88. The standard InChI is InChI=1S/C20H19ClN4O4/c1-27-15-8-5-14(6-9-15)25-20(26)19(21)17(12-23-25)24-22-11-13-4-7-16(28-2)10-18(13)29-3/h4-12,24H,1-3H3/b22-11-. The first-order valence-electron chi connectivity index (χ1n) is 8.50. The lowest BCUT2D eigenvalue weighted by Crippen LogP contribution is -2.22. The number of nitrogens with one attached hydrogen (secondary N) is 1. The number of hydrogen-bond acceptors (Lipinski definition) is 7. The summed E-state index contributed by atoms with van der Waals surface area (Å²) in [6.45, 7) is 0. The predicted octanol–water partition coefficient (Wildman–Crippen LogP) is 3.36. The van der Waals surface area contributed by atoms with E-state index in [4.69, 9.17) is 25.8 Å². The van der Waals surface area contributed by atoms with Crippen LogP contribution >= 0.6 is 11.6 Å². The first kappa shape index (κ1) is 20.2. The highest BCUT2D eigenvalue weighted by atomic mass is 35.5. The van der Waals surface area contributed by atoms with Crippen LogP contribution in [0, 0.1) is 0 Å². The van der Waals surface area contributed by atoms with Crippen LogP contribution in [0.15, 0.2) is 58.6 Å². The molecule has 0 aliphatic carbocycles. The fraction of sp³-hybridized carbons (Fsp3) is 0.150. The van der Waals surface area contributed by atoms with Crippen molar-refractivity contribution in [3.8, 4) is 22.9 Å². The second kappa shape index (κ2) is 9.11. The summed E-state index contributed by atoms with van der Waals surface area (Å²) < 4.78 is 16.8. The zero-order valence-corrected chi connectivity index (χ0v) is 16.8. The Labute approximate surface area is 172 Å². The van der Waals surface area contributed by atoms with E-state index in [0.29, 0.717) is 22.9 Å². The normalized spacial score (nSPS) is 10.8. The molecule has 29 heavy (non-hydrogen) atoms. The topological polar surface area (TPSA) is 87.0 Å². The summed E-state index contributed by atoms with van der Waals surface area (Å²) in [4.78, 5) is 12.6. The molecule has 3 aromatic rings. The van der Waals surface area contributed by atoms with Gasteiger partial charge in [0.25, 0.3) is 5.56 Å². The average molecular weight is 415 g/mol. The summed E-state index contributed by atoms with van der Waals surface area (Å²) in [5.41, 5.74) is 3.83. The van der Waals surface area contributed by atoms with E-state index in [1.54, 1.807) is 70.0 Å². The van der Waals surface area contributed by atoms with Crippen LogP contribution in [0.2, 0.25) is 5.02 Å². The van der Waals surface area contributed by atoms with Gasteiger partial charge in [0.05, 0.1) is 39.4 Å². The van der Waals surface area contributed by atoms with Crippen LogP contribution < -0.4 is 25.2 Å². The van der Waals surface area contributed by atoms with Crippen molar-refractivity contribution in [2.45, 2.75) is 0 Å². The number of rotatable bonds is 7. The smallest absolute Gasteiger partial charge is 0.292 e. The fourth-order valence-corrected chi connectivity index (χ4v) is 2.69. The van der Waals surface area contributed by atoms with Gasteiger partial charge in [-0.05, 0) is 36.4 Å². The van der Waals surface area contributed by atoms with Gasteiger partial charge in [-0.15, -0.1) is 0 Å². The molecule has 8 nitrogen and oxygen atoms in total. The third-order valence-corrected chi connectivity index (χ3v) is 4.43. The molecule has 0 bridgehead atoms. The largest absolute Gasteiger partial charge is 0.497 e. The van der Waals surface area contributed by atoms with Crippen molar-refractivity contribution in [3.63, 3.8) is 0 Å². The molecule has 0 spiro atoms.